The SMILES string of the molecule is O=C(NCCCn1ccnc1-c1ccccc1)C(=O)NCC1CCCO1. The van der Waals surface area contributed by atoms with Crippen molar-refractivity contribution in [2.24, 2.45) is 0 Å². The van der Waals surface area contributed by atoms with Crippen molar-refractivity contribution in [2.45, 2.75) is 31.9 Å². The molecule has 1 fully saturated rings. The summed E-state index contributed by atoms with van der Waals surface area (Å²) in [5.74, 6) is -0.309. The van der Waals surface area contributed by atoms with E-state index in [0.29, 0.717) is 26.1 Å². The first kappa shape index (κ1) is 18.1. The highest BCUT2D eigenvalue weighted by atomic mass is 16.5. The van der Waals surface area contributed by atoms with Gasteiger partial charge in [-0.2, -0.15) is 0 Å². The third-order valence-electron chi connectivity index (χ3n) is 4.33. The van der Waals surface area contributed by atoms with E-state index in [0.717, 1.165) is 30.8 Å². The Morgan fingerprint density at radius 2 is 2.00 bits per heavy atom. The van der Waals surface area contributed by atoms with Gasteiger partial charge in [-0.05, 0) is 19.3 Å². The molecule has 2 N–H and O–H groups in total. The second-order valence-electron chi connectivity index (χ2n) is 6.26. The van der Waals surface area contributed by atoms with Gasteiger partial charge >= 0.3 is 11.8 Å². The highest BCUT2D eigenvalue weighted by molar-refractivity contribution is 6.35. The molecule has 2 heterocycles. The number of hydrogen-bond donors (Lipinski definition) is 2. The number of ether oxygens (including phenoxy) is 1. The Balaban J connectivity index is 1.38. The number of nitrogens with zero attached hydrogens (tertiary/aromatic N) is 2. The van der Waals surface area contributed by atoms with E-state index in [9.17, 15) is 9.59 Å². The molecule has 0 radical (unpaired) electrons. The van der Waals surface area contributed by atoms with Crippen molar-refractivity contribution in [1.82, 2.24) is 20.2 Å². The predicted molar refractivity (Wildman–Crippen MR) is 97.3 cm³/mol. The van der Waals surface area contributed by atoms with Gasteiger partial charge in [0.25, 0.3) is 0 Å². The number of nitrogens with one attached hydrogen (secondary N) is 2. The van der Waals surface area contributed by atoms with Gasteiger partial charge in [0, 0.05) is 44.2 Å². The van der Waals surface area contributed by atoms with E-state index < -0.39 is 11.8 Å². The van der Waals surface area contributed by atoms with E-state index in [4.69, 9.17) is 4.74 Å². The Morgan fingerprint density at radius 3 is 2.77 bits per heavy atom. The Bertz CT molecular complexity index is 723. The zero-order chi connectivity index (χ0) is 18.2. The Morgan fingerprint density at radius 1 is 1.19 bits per heavy atom. The van der Waals surface area contributed by atoms with Crippen LogP contribution in [0.5, 0.6) is 0 Å². The number of carbonyl (C=O) groups excluding carboxylic acids is 2. The molecule has 2 aromatic rings. The standard InChI is InChI=1S/C19H24N4O3/c24-18(19(25)22-14-16-8-4-13-26-16)21-9-5-11-23-12-10-20-17(23)15-6-2-1-3-7-15/h1-3,6-7,10,12,16H,4-5,8-9,11,13-14H2,(H,21,24)(H,22,25). The summed E-state index contributed by atoms with van der Waals surface area (Å²) < 4.78 is 7.46. The van der Waals surface area contributed by atoms with Gasteiger partial charge in [0.1, 0.15) is 5.82 Å². The number of aryl methyl sites for hydroxylation is 1. The van der Waals surface area contributed by atoms with Crippen LogP contribution in [0.15, 0.2) is 42.7 Å². The van der Waals surface area contributed by atoms with Crippen LogP contribution in [0.25, 0.3) is 11.4 Å². The second kappa shape index (κ2) is 9.15. The molecule has 138 valence electrons. The lowest BCUT2D eigenvalue weighted by molar-refractivity contribution is -0.139. The van der Waals surface area contributed by atoms with Crippen LogP contribution >= 0.6 is 0 Å². The fraction of sp³-hybridized carbons (Fsp3) is 0.421. The minimum Gasteiger partial charge on any atom is -0.376 e. The molecule has 0 saturated carbocycles. The molecular weight excluding hydrogens is 332 g/mol. The van der Waals surface area contributed by atoms with Gasteiger partial charge in [-0.1, -0.05) is 30.3 Å². The van der Waals surface area contributed by atoms with Crippen LogP contribution in [-0.2, 0) is 20.9 Å². The summed E-state index contributed by atoms with van der Waals surface area (Å²) in [5.41, 5.74) is 1.05. The van der Waals surface area contributed by atoms with E-state index >= 15 is 0 Å². The van der Waals surface area contributed by atoms with Gasteiger partial charge in [0.2, 0.25) is 0 Å². The van der Waals surface area contributed by atoms with E-state index in [-0.39, 0.29) is 6.10 Å². The van der Waals surface area contributed by atoms with Crippen molar-refractivity contribution >= 4 is 11.8 Å². The summed E-state index contributed by atoms with van der Waals surface area (Å²) >= 11 is 0. The average molecular weight is 356 g/mol. The second-order valence-corrected chi connectivity index (χ2v) is 6.26. The fourth-order valence-corrected chi connectivity index (χ4v) is 2.96. The molecule has 1 aromatic carbocycles. The van der Waals surface area contributed by atoms with Crippen LogP contribution in [0.1, 0.15) is 19.3 Å². The van der Waals surface area contributed by atoms with Crippen molar-refractivity contribution in [1.29, 1.82) is 0 Å². The van der Waals surface area contributed by atoms with Gasteiger partial charge in [-0.15, -0.1) is 0 Å². The maximum atomic E-state index is 11.8. The smallest absolute Gasteiger partial charge is 0.309 e. The minimum absolute atomic E-state index is 0.0319. The molecule has 1 aliphatic rings. The fourth-order valence-electron chi connectivity index (χ4n) is 2.96. The summed E-state index contributed by atoms with van der Waals surface area (Å²) in [6, 6.07) is 9.95. The lowest BCUT2D eigenvalue weighted by Crippen LogP contribution is -2.43. The topological polar surface area (TPSA) is 85.2 Å². The van der Waals surface area contributed by atoms with Crippen molar-refractivity contribution in [3.05, 3.63) is 42.7 Å². The monoisotopic (exact) mass is 356 g/mol. The summed E-state index contributed by atoms with van der Waals surface area (Å²) in [4.78, 5) is 28.0. The number of aromatic nitrogens is 2. The Hall–Kier alpha value is -2.67. The largest absolute Gasteiger partial charge is 0.376 e. The molecule has 0 aliphatic carbocycles. The highest BCUT2D eigenvalue weighted by Gasteiger charge is 2.18. The molecule has 1 aromatic heterocycles. The Labute approximate surface area is 152 Å². The van der Waals surface area contributed by atoms with Gasteiger partial charge in [-0.3, -0.25) is 9.59 Å². The van der Waals surface area contributed by atoms with Gasteiger partial charge in [0.05, 0.1) is 6.10 Å². The number of rotatable bonds is 7. The zero-order valence-electron chi connectivity index (χ0n) is 14.7. The minimum atomic E-state index is -0.604. The van der Waals surface area contributed by atoms with Crippen LogP contribution in [0, 0.1) is 0 Å². The molecule has 0 bridgehead atoms. The third kappa shape index (κ3) is 4.92. The molecular formula is C19H24N4O3. The van der Waals surface area contributed by atoms with Gasteiger partial charge in [0.15, 0.2) is 0 Å². The lowest BCUT2D eigenvalue weighted by Gasteiger charge is -2.11. The van der Waals surface area contributed by atoms with Crippen LogP contribution in [0.4, 0.5) is 0 Å². The van der Waals surface area contributed by atoms with E-state index in [1.165, 1.54) is 0 Å². The van der Waals surface area contributed by atoms with Crippen LogP contribution in [0.2, 0.25) is 0 Å². The molecule has 7 nitrogen and oxygen atoms in total. The van der Waals surface area contributed by atoms with E-state index in [1.807, 2.05) is 41.1 Å². The predicted octanol–water partition coefficient (Wildman–Crippen LogP) is 1.35. The van der Waals surface area contributed by atoms with E-state index in [1.54, 1.807) is 6.20 Å². The lowest BCUT2D eigenvalue weighted by atomic mass is 10.2. The Kier molecular flexibility index (Phi) is 6.38. The normalized spacial score (nSPS) is 16.4. The maximum absolute atomic E-state index is 11.8. The number of benzene rings is 1. The van der Waals surface area contributed by atoms with Gasteiger partial charge in [-0.25, -0.2) is 4.98 Å². The molecule has 7 heteroatoms. The summed E-state index contributed by atoms with van der Waals surface area (Å²) in [6.45, 7) is 2.26. The quantitative estimate of drug-likeness (QED) is 0.579. The average Bonchev–Trinajstić information content (AvgIpc) is 3.35. The molecule has 1 atom stereocenters. The van der Waals surface area contributed by atoms with Gasteiger partial charge < -0.3 is 19.9 Å². The molecule has 0 spiro atoms. The van der Waals surface area contributed by atoms with Crippen molar-refractivity contribution < 1.29 is 14.3 Å². The molecule has 1 saturated heterocycles. The molecule has 3 rings (SSSR count). The first-order valence-electron chi connectivity index (χ1n) is 8.98. The van der Waals surface area contributed by atoms with Crippen molar-refractivity contribution in [3.8, 4) is 11.4 Å². The number of hydrogen-bond acceptors (Lipinski definition) is 4. The molecule has 1 unspecified atom stereocenters. The first-order valence-corrected chi connectivity index (χ1v) is 8.98. The van der Waals surface area contributed by atoms with Crippen molar-refractivity contribution in [2.75, 3.05) is 19.7 Å². The molecule has 26 heavy (non-hydrogen) atoms. The summed E-state index contributed by atoms with van der Waals surface area (Å²) in [7, 11) is 0. The van der Waals surface area contributed by atoms with E-state index in [2.05, 4.69) is 15.6 Å². The summed E-state index contributed by atoms with van der Waals surface area (Å²) in [6.07, 6.45) is 6.35. The maximum Gasteiger partial charge on any atom is 0.309 e. The zero-order valence-corrected chi connectivity index (χ0v) is 14.7. The number of carbonyl (C=O) groups is 2. The van der Waals surface area contributed by atoms with Crippen LogP contribution < -0.4 is 10.6 Å². The molecule has 1 aliphatic heterocycles. The first-order chi connectivity index (χ1) is 12.7. The third-order valence-corrected chi connectivity index (χ3v) is 4.33. The highest BCUT2D eigenvalue weighted by Crippen LogP contribution is 2.16. The van der Waals surface area contributed by atoms with Crippen LogP contribution in [-0.4, -0.2) is 47.2 Å². The summed E-state index contributed by atoms with van der Waals surface area (Å²) in [5, 5.41) is 5.27. The number of amides is 2. The molecule has 2 amide bonds. The van der Waals surface area contributed by atoms with Crippen molar-refractivity contribution in [3.63, 3.8) is 0 Å². The van der Waals surface area contributed by atoms with Crippen LogP contribution in [0.3, 0.4) is 0 Å². The number of imidazole rings is 1.